The van der Waals surface area contributed by atoms with Crippen LogP contribution in [0.1, 0.15) is 58.3 Å². The number of aliphatic hydroxyl groups is 1. The monoisotopic (exact) mass is 333 g/mol. The van der Waals surface area contributed by atoms with Crippen molar-refractivity contribution in [3.05, 3.63) is 24.0 Å². The SMILES string of the molecule is C[C@H]1CCCN(CCCOC2=CCC([C@H]3CC[C@H](O)CC3)C=C2)C1. The van der Waals surface area contributed by atoms with Crippen molar-refractivity contribution in [2.75, 3.05) is 26.2 Å². The van der Waals surface area contributed by atoms with Crippen LogP contribution >= 0.6 is 0 Å². The Kier molecular flexibility index (Phi) is 6.79. The molecule has 0 aromatic carbocycles. The lowest BCUT2D eigenvalue weighted by molar-refractivity contribution is 0.0971. The minimum atomic E-state index is -0.0499. The third-order valence-electron chi connectivity index (χ3n) is 6.07. The quantitative estimate of drug-likeness (QED) is 0.742. The summed E-state index contributed by atoms with van der Waals surface area (Å²) in [7, 11) is 0. The van der Waals surface area contributed by atoms with Crippen molar-refractivity contribution in [2.45, 2.75) is 64.4 Å². The van der Waals surface area contributed by atoms with Gasteiger partial charge in [-0.15, -0.1) is 0 Å². The Balaban J connectivity index is 1.31. The minimum Gasteiger partial charge on any atom is -0.494 e. The van der Waals surface area contributed by atoms with Crippen LogP contribution in [0.15, 0.2) is 24.0 Å². The molecule has 3 aliphatic rings. The maximum atomic E-state index is 9.64. The van der Waals surface area contributed by atoms with E-state index in [2.05, 4.69) is 30.1 Å². The summed E-state index contributed by atoms with van der Waals surface area (Å²) in [6, 6.07) is 0. The van der Waals surface area contributed by atoms with Gasteiger partial charge in [0.1, 0.15) is 5.76 Å². The van der Waals surface area contributed by atoms with E-state index in [0.717, 1.165) is 49.9 Å². The number of aliphatic hydroxyl groups excluding tert-OH is 1. The molecular weight excluding hydrogens is 298 g/mol. The molecule has 0 spiro atoms. The maximum absolute atomic E-state index is 9.64. The van der Waals surface area contributed by atoms with E-state index >= 15 is 0 Å². The average Bonchev–Trinajstić information content (AvgIpc) is 2.60. The van der Waals surface area contributed by atoms with E-state index in [9.17, 15) is 5.11 Å². The van der Waals surface area contributed by atoms with Crippen molar-refractivity contribution in [1.82, 2.24) is 4.90 Å². The molecule has 1 saturated carbocycles. The Bertz CT molecular complexity index is 437. The first kappa shape index (κ1) is 18.0. The second kappa shape index (κ2) is 9.05. The predicted molar refractivity (Wildman–Crippen MR) is 98.7 cm³/mol. The van der Waals surface area contributed by atoms with Crippen molar-refractivity contribution in [2.24, 2.45) is 17.8 Å². The van der Waals surface area contributed by atoms with Crippen LogP contribution in [0.2, 0.25) is 0 Å². The van der Waals surface area contributed by atoms with E-state index in [-0.39, 0.29) is 6.10 Å². The Morgan fingerprint density at radius 3 is 2.75 bits per heavy atom. The van der Waals surface area contributed by atoms with Gasteiger partial charge in [0.25, 0.3) is 0 Å². The van der Waals surface area contributed by atoms with Gasteiger partial charge in [0.15, 0.2) is 0 Å². The number of piperidine rings is 1. The fraction of sp³-hybridized carbons (Fsp3) is 0.810. The molecule has 2 aliphatic carbocycles. The molecule has 1 heterocycles. The van der Waals surface area contributed by atoms with Crippen molar-refractivity contribution in [3.63, 3.8) is 0 Å². The molecule has 24 heavy (non-hydrogen) atoms. The van der Waals surface area contributed by atoms with E-state index in [1.54, 1.807) is 0 Å². The van der Waals surface area contributed by atoms with Gasteiger partial charge < -0.3 is 14.7 Å². The molecule has 3 heteroatoms. The summed E-state index contributed by atoms with van der Waals surface area (Å²) in [4.78, 5) is 2.59. The van der Waals surface area contributed by atoms with Crippen LogP contribution in [-0.2, 0) is 4.74 Å². The molecule has 0 amide bonds. The highest BCUT2D eigenvalue weighted by Gasteiger charge is 2.26. The van der Waals surface area contributed by atoms with Gasteiger partial charge in [-0.2, -0.15) is 0 Å². The molecule has 3 rings (SSSR count). The van der Waals surface area contributed by atoms with Gasteiger partial charge >= 0.3 is 0 Å². The lowest BCUT2D eigenvalue weighted by atomic mass is 9.76. The maximum Gasteiger partial charge on any atom is 0.115 e. The lowest BCUT2D eigenvalue weighted by Gasteiger charge is -2.31. The number of hydrogen-bond acceptors (Lipinski definition) is 3. The normalized spacial score (nSPS) is 34.8. The van der Waals surface area contributed by atoms with Gasteiger partial charge in [-0.25, -0.2) is 0 Å². The summed E-state index contributed by atoms with van der Waals surface area (Å²) >= 11 is 0. The van der Waals surface area contributed by atoms with Crippen LogP contribution < -0.4 is 0 Å². The number of ether oxygens (including phenoxy) is 1. The second-order valence-electron chi connectivity index (χ2n) is 8.18. The molecule has 3 nitrogen and oxygen atoms in total. The zero-order chi connectivity index (χ0) is 16.8. The lowest BCUT2D eigenvalue weighted by Crippen LogP contribution is -2.35. The topological polar surface area (TPSA) is 32.7 Å². The number of nitrogens with zero attached hydrogens (tertiary/aromatic N) is 1. The molecule has 1 aliphatic heterocycles. The van der Waals surface area contributed by atoms with E-state index in [0.29, 0.717) is 5.92 Å². The summed E-state index contributed by atoms with van der Waals surface area (Å²) in [5.74, 6) is 3.33. The largest absolute Gasteiger partial charge is 0.494 e. The first-order valence-electron chi connectivity index (χ1n) is 10.1. The molecule has 1 saturated heterocycles. The molecule has 0 bridgehead atoms. The molecule has 1 unspecified atom stereocenters. The smallest absolute Gasteiger partial charge is 0.115 e. The number of rotatable bonds is 6. The molecule has 0 aromatic rings. The van der Waals surface area contributed by atoms with Crippen LogP contribution in [0.25, 0.3) is 0 Å². The fourth-order valence-electron chi connectivity index (χ4n) is 4.57. The van der Waals surface area contributed by atoms with Crippen LogP contribution in [0.4, 0.5) is 0 Å². The Morgan fingerprint density at radius 1 is 1.21 bits per heavy atom. The zero-order valence-corrected chi connectivity index (χ0v) is 15.3. The second-order valence-corrected chi connectivity index (χ2v) is 8.18. The van der Waals surface area contributed by atoms with Crippen LogP contribution in [0, 0.1) is 17.8 Å². The van der Waals surface area contributed by atoms with Crippen molar-refractivity contribution in [1.29, 1.82) is 0 Å². The van der Waals surface area contributed by atoms with Gasteiger partial charge in [0.05, 0.1) is 12.7 Å². The minimum absolute atomic E-state index is 0.0499. The van der Waals surface area contributed by atoms with Crippen LogP contribution in [0.3, 0.4) is 0 Å². The fourth-order valence-corrected chi connectivity index (χ4v) is 4.57. The third-order valence-corrected chi connectivity index (χ3v) is 6.07. The molecule has 1 N–H and O–H groups in total. The van der Waals surface area contributed by atoms with Crippen LogP contribution in [-0.4, -0.2) is 42.4 Å². The molecular formula is C21H35NO2. The number of hydrogen-bond donors (Lipinski definition) is 1. The van der Waals surface area contributed by atoms with Gasteiger partial charge in [-0.1, -0.05) is 13.0 Å². The van der Waals surface area contributed by atoms with Gasteiger partial charge in [-0.05, 0) is 87.8 Å². The summed E-state index contributed by atoms with van der Waals surface area (Å²) in [6.07, 6.45) is 16.1. The van der Waals surface area contributed by atoms with E-state index in [1.165, 1.54) is 45.3 Å². The van der Waals surface area contributed by atoms with Crippen molar-refractivity contribution >= 4 is 0 Å². The zero-order valence-electron chi connectivity index (χ0n) is 15.3. The highest BCUT2D eigenvalue weighted by molar-refractivity contribution is 5.19. The highest BCUT2D eigenvalue weighted by Crippen LogP contribution is 2.35. The summed E-state index contributed by atoms with van der Waals surface area (Å²) in [6.45, 7) is 6.91. The Labute approximate surface area is 147 Å². The number of allylic oxidation sites excluding steroid dienone is 3. The standard InChI is InChI=1S/C21H35NO2/c1-17-4-2-13-22(16-17)14-3-15-24-21-11-7-19(8-12-21)18-5-9-20(23)10-6-18/h7,11-12,17-20,23H,2-6,8-10,13-16H2,1H3/t17-,18-,19?,20-/m0/s1. The van der Waals surface area contributed by atoms with Gasteiger partial charge in [0, 0.05) is 13.1 Å². The van der Waals surface area contributed by atoms with Crippen LogP contribution in [0.5, 0.6) is 0 Å². The van der Waals surface area contributed by atoms with Crippen molar-refractivity contribution < 1.29 is 9.84 Å². The summed E-state index contributed by atoms with van der Waals surface area (Å²) in [5.41, 5.74) is 0. The van der Waals surface area contributed by atoms with E-state index < -0.39 is 0 Å². The predicted octanol–water partition coefficient (Wildman–Crippen LogP) is 4.14. The summed E-state index contributed by atoms with van der Waals surface area (Å²) in [5, 5.41) is 9.64. The highest BCUT2D eigenvalue weighted by atomic mass is 16.5. The van der Waals surface area contributed by atoms with Crippen molar-refractivity contribution in [3.8, 4) is 0 Å². The van der Waals surface area contributed by atoms with Gasteiger partial charge in [0.2, 0.25) is 0 Å². The number of likely N-dealkylation sites (tertiary alicyclic amines) is 1. The molecule has 2 fully saturated rings. The van der Waals surface area contributed by atoms with E-state index in [4.69, 9.17) is 4.74 Å². The molecule has 0 aromatic heterocycles. The third kappa shape index (κ3) is 5.35. The summed E-state index contributed by atoms with van der Waals surface area (Å²) < 4.78 is 5.96. The Morgan fingerprint density at radius 2 is 2.04 bits per heavy atom. The molecule has 0 radical (unpaired) electrons. The van der Waals surface area contributed by atoms with E-state index in [1.807, 2.05) is 0 Å². The first-order chi connectivity index (χ1) is 11.7. The van der Waals surface area contributed by atoms with Gasteiger partial charge in [-0.3, -0.25) is 0 Å². The molecule has 136 valence electrons. The molecule has 2 atom stereocenters. The average molecular weight is 334 g/mol. The first-order valence-corrected chi connectivity index (χ1v) is 10.1. The Hall–Kier alpha value is -0.800.